The molecule has 2 rings (SSSR count). The van der Waals surface area contributed by atoms with Crippen LogP contribution >= 0.6 is 0 Å². The maximum absolute atomic E-state index is 12.6. The molecule has 0 saturated carbocycles. The molecule has 2 aliphatic heterocycles. The average molecular weight is 288 g/mol. The summed E-state index contributed by atoms with van der Waals surface area (Å²) in [6.07, 6.45) is 3.55. The second-order valence-corrected chi connectivity index (χ2v) is 9.25. The smallest absolute Gasteiger partial charge is 0.217 e. The lowest BCUT2D eigenvalue weighted by Crippen LogP contribution is -2.47. The van der Waals surface area contributed by atoms with Gasteiger partial charge in [-0.2, -0.15) is 0 Å². The molecule has 1 N–H and O–H groups in total. The lowest BCUT2D eigenvalue weighted by atomic mass is 9.76. The highest BCUT2D eigenvalue weighted by molar-refractivity contribution is 7.89. The summed E-state index contributed by atoms with van der Waals surface area (Å²) in [6, 6.07) is 0. The van der Waals surface area contributed by atoms with Crippen molar-refractivity contribution in [3.8, 4) is 0 Å². The summed E-state index contributed by atoms with van der Waals surface area (Å²) in [4.78, 5) is 0. The molecular weight excluding hydrogens is 260 g/mol. The van der Waals surface area contributed by atoms with E-state index in [4.69, 9.17) is 0 Å². The van der Waals surface area contributed by atoms with Crippen molar-refractivity contribution >= 4 is 10.0 Å². The van der Waals surface area contributed by atoms with Crippen molar-refractivity contribution in [1.82, 2.24) is 9.62 Å². The molecule has 4 nitrogen and oxygen atoms in total. The van der Waals surface area contributed by atoms with Gasteiger partial charge in [0.15, 0.2) is 0 Å². The van der Waals surface area contributed by atoms with E-state index in [0.29, 0.717) is 24.4 Å². The molecule has 0 atom stereocenters. The second kappa shape index (κ2) is 5.70. The molecule has 0 unspecified atom stereocenters. The molecule has 0 radical (unpaired) electrons. The van der Waals surface area contributed by atoms with Crippen molar-refractivity contribution < 1.29 is 8.42 Å². The van der Waals surface area contributed by atoms with Gasteiger partial charge in [-0.3, -0.25) is 0 Å². The van der Waals surface area contributed by atoms with E-state index < -0.39 is 10.0 Å². The van der Waals surface area contributed by atoms with Gasteiger partial charge in [-0.15, -0.1) is 0 Å². The van der Waals surface area contributed by atoms with Crippen molar-refractivity contribution in [1.29, 1.82) is 0 Å². The monoisotopic (exact) mass is 288 g/mol. The Bertz CT molecular complexity index is 386. The first-order valence-corrected chi connectivity index (χ1v) is 9.02. The summed E-state index contributed by atoms with van der Waals surface area (Å²) in [7, 11) is -3.06. The van der Waals surface area contributed by atoms with Crippen molar-refractivity contribution in [2.45, 2.75) is 51.7 Å². The fraction of sp³-hybridized carbons (Fsp3) is 1.00. The molecule has 2 saturated heterocycles. The van der Waals surface area contributed by atoms with Gasteiger partial charge in [-0.25, -0.2) is 12.7 Å². The number of nitrogens with one attached hydrogen (secondary N) is 1. The van der Waals surface area contributed by atoms with Crippen molar-refractivity contribution in [2.24, 2.45) is 11.3 Å². The second-order valence-electron chi connectivity index (χ2n) is 7.03. The van der Waals surface area contributed by atoms with Crippen LogP contribution < -0.4 is 5.32 Å². The van der Waals surface area contributed by atoms with Gasteiger partial charge in [0.2, 0.25) is 10.0 Å². The summed E-state index contributed by atoms with van der Waals surface area (Å²) in [5, 5.41) is 3.08. The zero-order valence-electron chi connectivity index (χ0n) is 12.5. The zero-order chi connectivity index (χ0) is 14.1. The van der Waals surface area contributed by atoms with Crippen molar-refractivity contribution in [3.05, 3.63) is 0 Å². The zero-order valence-corrected chi connectivity index (χ0v) is 13.3. The van der Waals surface area contributed by atoms with Gasteiger partial charge in [0.05, 0.1) is 5.25 Å². The molecule has 0 aromatic rings. The van der Waals surface area contributed by atoms with Gasteiger partial charge >= 0.3 is 0 Å². The van der Waals surface area contributed by atoms with E-state index >= 15 is 0 Å². The van der Waals surface area contributed by atoms with Crippen LogP contribution in [0.2, 0.25) is 0 Å². The largest absolute Gasteiger partial charge is 0.317 e. The Labute approximate surface area is 118 Å². The SMILES string of the molecule is CC(C)(C)C1CCN(S(=O)(=O)C2CCNCC2)CC1. The van der Waals surface area contributed by atoms with Crippen LogP contribution in [0.15, 0.2) is 0 Å². The number of rotatable bonds is 2. The molecule has 0 spiro atoms. The average Bonchev–Trinajstić information content (AvgIpc) is 2.39. The van der Waals surface area contributed by atoms with E-state index in [9.17, 15) is 8.42 Å². The lowest BCUT2D eigenvalue weighted by molar-refractivity contribution is 0.153. The van der Waals surface area contributed by atoms with E-state index in [-0.39, 0.29) is 5.25 Å². The summed E-state index contributed by atoms with van der Waals surface area (Å²) in [5.74, 6) is 0.645. The number of nitrogens with zero attached hydrogens (tertiary/aromatic N) is 1. The molecule has 0 aliphatic carbocycles. The molecule has 0 bridgehead atoms. The number of piperidine rings is 2. The van der Waals surface area contributed by atoms with Crippen LogP contribution in [0.4, 0.5) is 0 Å². The van der Waals surface area contributed by atoms with Gasteiger partial charge in [0, 0.05) is 13.1 Å². The van der Waals surface area contributed by atoms with Gasteiger partial charge in [0.25, 0.3) is 0 Å². The lowest BCUT2D eigenvalue weighted by Gasteiger charge is -2.39. The van der Waals surface area contributed by atoms with Crippen LogP contribution in [0.3, 0.4) is 0 Å². The van der Waals surface area contributed by atoms with Crippen molar-refractivity contribution in [2.75, 3.05) is 26.2 Å². The quantitative estimate of drug-likeness (QED) is 0.843. The highest BCUT2D eigenvalue weighted by Gasteiger charge is 2.37. The van der Waals surface area contributed by atoms with E-state index in [2.05, 4.69) is 26.1 Å². The first kappa shape index (κ1) is 15.3. The van der Waals surface area contributed by atoms with Crippen LogP contribution in [0.5, 0.6) is 0 Å². The molecule has 0 amide bonds. The predicted molar refractivity (Wildman–Crippen MR) is 78.6 cm³/mol. The fourth-order valence-corrected chi connectivity index (χ4v) is 5.25. The van der Waals surface area contributed by atoms with Crippen LogP contribution in [-0.2, 0) is 10.0 Å². The Kier molecular flexibility index (Phi) is 4.58. The number of hydrogen-bond acceptors (Lipinski definition) is 3. The maximum atomic E-state index is 12.6. The minimum absolute atomic E-state index is 0.153. The molecule has 0 aromatic carbocycles. The summed E-state index contributed by atoms with van der Waals surface area (Å²) in [6.45, 7) is 9.88. The molecule has 112 valence electrons. The van der Waals surface area contributed by atoms with Crippen LogP contribution in [0.25, 0.3) is 0 Å². The molecule has 19 heavy (non-hydrogen) atoms. The van der Waals surface area contributed by atoms with Gasteiger partial charge in [-0.05, 0) is 50.1 Å². The Morgan fingerprint density at radius 3 is 2.00 bits per heavy atom. The van der Waals surface area contributed by atoms with E-state index in [1.54, 1.807) is 4.31 Å². The normalized spacial score (nSPS) is 25.6. The topological polar surface area (TPSA) is 49.4 Å². The summed E-state index contributed by atoms with van der Waals surface area (Å²) < 4.78 is 26.9. The van der Waals surface area contributed by atoms with Gasteiger partial charge in [0.1, 0.15) is 0 Å². The molecule has 2 fully saturated rings. The number of sulfonamides is 1. The molecule has 2 aliphatic rings. The third kappa shape index (κ3) is 3.50. The van der Waals surface area contributed by atoms with Crippen LogP contribution in [-0.4, -0.2) is 44.2 Å². The van der Waals surface area contributed by atoms with E-state index in [1.165, 1.54) is 0 Å². The first-order valence-electron chi connectivity index (χ1n) is 7.51. The Balaban J connectivity index is 1.96. The summed E-state index contributed by atoms with van der Waals surface area (Å²) >= 11 is 0. The van der Waals surface area contributed by atoms with E-state index in [1.807, 2.05) is 0 Å². The molecule has 0 aromatic heterocycles. The van der Waals surface area contributed by atoms with Gasteiger partial charge < -0.3 is 5.32 Å². The highest BCUT2D eigenvalue weighted by atomic mass is 32.2. The standard InChI is InChI=1S/C14H28N2O2S/c1-14(2,3)12-6-10-16(11-7-12)19(17,18)13-4-8-15-9-5-13/h12-13,15H,4-11H2,1-3H3. The Hall–Kier alpha value is -0.130. The third-order valence-corrected chi connectivity index (χ3v) is 7.14. The minimum atomic E-state index is -3.06. The van der Waals surface area contributed by atoms with Gasteiger partial charge in [-0.1, -0.05) is 20.8 Å². The van der Waals surface area contributed by atoms with E-state index in [0.717, 1.165) is 38.8 Å². The van der Waals surface area contributed by atoms with Crippen molar-refractivity contribution in [3.63, 3.8) is 0 Å². The number of hydrogen-bond donors (Lipinski definition) is 1. The maximum Gasteiger partial charge on any atom is 0.217 e. The third-order valence-electron chi connectivity index (χ3n) is 4.75. The fourth-order valence-electron chi connectivity index (χ4n) is 3.28. The van der Waals surface area contributed by atoms with Crippen LogP contribution in [0.1, 0.15) is 46.5 Å². The highest BCUT2D eigenvalue weighted by Crippen LogP contribution is 2.35. The Morgan fingerprint density at radius 2 is 1.53 bits per heavy atom. The molecule has 2 heterocycles. The predicted octanol–water partition coefficient (Wildman–Crippen LogP) is 1.83. The molecule has 5 heteroatoms. The first-order chi connectivity index (χ1) is 8.82. The Morgan fingerprint density at radius 1 is 1.00 bits per heavy atom. The minimum Gasteiger partial charge on any atom is -0.317 e. The summed E-state index contributed by atoms with van der Waals surface area (Å²) in [5.41, 5.74) is 0.296. The molecular formula is C14H28N2O2S. The van der Waals surface area contributed by atoms with Crippen LogP contribution in [0, 0.1) is 11.3 Å².